The minimum absolute atomic E-state index is 0.0500. The number of nitrogens with zero attached hydrogens (tertiary/aromatic N) is 2. The summed E-state index contributed by atoms with van der Waals surface area (Å²) in [4.78, 5) is 28.3. The van der Waals surface area contributed by atoms with Crippen LogP contribution in [-0.2, 0) is 9.59 Å². The minimum Gasteiger partial charge on any atom is -0.330 e. The number of para-hydroxylation sites is 1. The normalized spacial score (nSPS) is 26.4. The van der Waals surface area contributed by atoms with Gasteiger partial charge in [0.05, 0.1) is 11.3 Å². The van der Waals surface area contributed by atoms with E-state index in [1.165, 1.54) is 0 Å². The highest BCUT2D eigenvalue weighted by Gasteiger charge is 2.39. The third-order valence-electron chi connectivity index (χ3n) is 3.96. The zero-order valence-electron chi connectivity index (χ0n) is 11.5. The van der Waals surface area contributed by atoms with Crippen LogP contribution in [0.4, 0.5) is 5.69 Å². The first-order valence-corrected chi connectivity index (χ1v) is 7.99. The number of amides is 2. The molecule has 2 fully saturated rings. The third kappa shape index (κ3) is 2.42. The predicted molar refractivity (Wildman–Crippen MR) is 80.5 cm³/mol. The van der Waals surface area contributed by atoms with Crippen LogP contribution in [0.1, 0.15) is 13.3 Å². The number of carbonyl (C=O) groups is 2. The van der Waals surface area contributed by atoms with Crippen LogP contribution in [0, 0.1) is 5.92 Å². The molecule has 0 bridgehead atoms. The van der Waals surface area contributed by atoms with Crippen molar-refractivity contribution in [2.45, 2.75) is 18.7 Å². The second-order valence-electron chi connectivity index (χ2n) is 5.24. The summed E-state index contributed by atoms with van der Waals surface area (Å²) in [5, 5.41) is 0.239. The van der Waals surface area contributed by atoms with Crippen LogP contribution in [-0.4, -0.2) is 40.9 Å². The fourth-order valence-corrected chi connectivity index (χ4v) is 3.88. The Balaban J connectivity index is 1.72. The van der Waals surface area contributed by atoms with E-state index in [0.717, 1.165) is 18.0 Å². The molecule has 2 aliphatic rings. The fraction of sp³-hybridized carbons (Fsp3) is 0.467. The first kappa shape index (κ1) is 13.5. The molecule has 2 saturated heterocycles. The lowest BCUT2D eigenvalue weighted by atomic mass is 10.1. The Bertz CT molecular complexity index is 520. The van der Waals surface area contributed by atoms with Crippen LogP contribution < -0.4 is 4.90 Å². The smallest absolute Gasteiger partial charge is 0.228 e. The Hall–Kier alpha value is -1.49. The molecule has 0 N–H and O–H groups in total. The molecular formula is C15H18N2O2S. The van der Waals surface area contributed by atoms with Gasteiger partial charge in [0.25, 0.3) is 0 Å². The van der Waals surface area contributed by atoms with Crippen LogP contribution in [0.5, 0.6) is 0 Å². The minimum atomic E-state index is -0.191. The average Bonchev–Trinajstić information content (AvgIpc) is 3.05. The molecule has 2 heterocycles. The van der Waals surface area contributed by atoms with Gasteiger partial charge in [-0.3, -0.25) is 9.59 Å². The molecule has 2 atom stereocenters. The summed E-state index contributed by atoms with van der Waals surface area (Å²) in [5.41, 5.74) is 0.886. The van der Waals surface area contributed by atoms with Crippen LogP contribution in [0.2, 0.25) is 0 Å². The van der Waals surface area contributed by atoms with Gasteiger partial charge in [-0.25, -0.2) is 0 Å². The van der Waals surface area contributed by atoms with Gasteiger partial charge in [0.15, 0.2) is 0 Å². The summed E-state index contributed by atoms with van der Waals surface area (Å²) in [6.07, 6.45) is 0.335. The van der Waals surface area contributed by atoms with Crippen molar-refractivity contribution in [2.24, 2.45) is 5.92 Å². The van der Waals surface area contributed by atoms with Crippen molar-refractivity contribution in [3.05, 3.63) is 30.3 Å². The number of hydrogen-bond donors (Lipinski definition) is 0. The van der Waals surface area contributed by atoms with E-state index >= 15 is 0 Å². The number of thioether (sulfide) groups is 1. The number of anilines is 1. The van der Waals surface area contributed by atoms with E-state index in [4.69, 9.17) is 0 Å². The maximum Gasteiger partial charge on any atom is 0.228 e. The summed E-state index contributed by atoms with van der Waals surface area (Å²) in [7, 11) is 0. The largest absolute Gasteiger partial charge is 0.330 e. The van der Waals surface area contributed by atoms with E-state index in [9.17, 15) is 9.59 Å². The number of hydrogen-bond acceptors (Lipinski definition) is 3. The number of carbonyl (C=O) groups excluding carboxylic acids is 2. The Morgan fingerprint density at radius 2 is 2.05 bits per heavy atom. The predicted octanol–water partition coefficient (Wildman–Crippen LogP) is 1.96. The second-order valence-corrected chi connectivity index (χ2v) is 6.67. The van der Waals surface area contributed by atoms with Crippen molar-refractivity contribution in [1.29, 1.82) is 0 Å². The van der Waals surface area contributed by atoms with E-state index < -0.39 is 0 Å². The van der Waals surface area contributed by atoms with Crippen LogP contribution in [0.25, 0.3) is 0 Å². The quantitative estimate of drug-likeness (QED) is 0.836. The molecule has 3 rings (SSSR count). The maximum absolute atomic E-state index is 12.5. The monoisotopic (exact) mass is 290 g/mol. The van der Waals surface area contributed by atoms with Gasteiger partial charge in [0.1, 0.15) is 0 Å². The molecular weight excluding hydrogens is 272 g/mol. The molecule has 2 unspecified atom stereocenters. The van der Waals surface area contributed by atoms with Crippen molar-refractivity contribution in [2.75, 3.05) is 23.7 Å². The van der Waals surface area contributed by atoms with Crippen molar-refractivity contribution >= 4 is 29.3 Å². The molecule has 5 heteroatoms. The van der Waals surface area contributed by atoms with Gasteiger partial charge in [0.2, 0.25) is 11.8 Å². The molecule has 1 aromatic carbocycles. The Labute approximate surface area is 123 Å². The molecule has 0 saturated carbocycles. The average molecular weight is 290 g/mol. The van der Waals surface area contributed by atoms with Gasteiger partial charge in [-0.2, -0.15) is 0 Å². The first-order chi connectivity index (χ1) is 9.66. The number of benzene rings is 1. The zero-order chi connectivity index (χ0) is 14.1. The molecule has 0 radical (unpaired) electrons. The van der Waals surface area contributed by atoms with Gasteiger partial charge in [-0.1, -0.05) is 18.2 Å². The lowest BCUT2D eigenvalue weighted by molar-refractivity contribution is -0.135. The van der Waals surface area contributed by atoms with Gasteiger partial charge >= 0.3 is 0 Å². The van der Waals surface area contributed by atoms with E-state index in [1.807, 2.05) is 35.2 Å². The highest BCUT2D eigenvalue weighted by Crippen LogP contribution is 2.30. The van der Waals surface area contributed by atoms with E-state index in [-0.39, 0.29) is 23.1 Å². The molecule has 4 nitrogen and oxygen atoms in total. The Morgan fingerprint density at radius 3 is 2.70 bits per heavy atom. The summed E-state index contributed by atoms with van der Waals surface area (Å²) >= 11 is 1.80. The molecule has 1 aromatic rings. The molecule has 20 heavy (non-hydrogen) atoms. The summed E-state index contributed by atoms with van der Waals surface area (Å²) in [6.45, 7) is 3.37. The van der Waals surface area contributed by atoms with E-state index in [1.54, 1.807) is 16.7 Å². The molecule has 0 spiro atoms. The molecule has 0 aliphatic carbocycles. The van der Waals surface area contributed by atoms with E-state index in [0.29, 0.717) is 13.0 Å². The summed E-state index contributed by atoms with van der Waals surface area (Å²) < 4.78 is 0. The van der Waals surface area contributed by atoms with Crippen LogP contribution in [0.15, 0.2) is 30.3 Å². The van der Waals surface area contributed by atoms with Crippen LogP contribution in [0.3, 0.4) is 0 Å². The Morgan fingerprint density at radius 1 is 1.30 bits per heavy atom. The lowest BCUT2D eigenvalue weighted by Gasteiger charge is -2.24. The first-order valence-electron chi connectivity index (χ1n) is 6.94. The highest BCUT2D eigenvalue weighted by atomic mass is 32.2. The van der Waals surface area contributed by atoms with Crippen molar-refractivity contribution in [3.63, 3.8) is 0 Å². The van der Waals surface area contributed by atoms with Crippen LogP contribution >= 0.6 is 11.8 Å². The van der Waals surface area contributed by atoms with Gasteiger partial charge in [0, 0.05) is 31.0 Å². The molecule has 0 aromatic heterocycles. The third-order valence-corrected chi connectivity index (χ3v) is 5.11. The topological polar surface area (TPSA) is 40.6 Å². The zero-order valence-corrected chi connectivity index (χ0v) is 12.3. The maximum atomic E-state index is 12.5. The van der Waals surface area contributed by atoms with Gasteiger partial charge < -0.3 is 9.80 Å². The SMILES string of the molecule is CC1SCCN1C(=O)C1CC(=O)N(c2ccccc2)C1. The van der Waals surface area contributed by atoms with Crippen molar-refractivity contribution in [3.8, 4) is 0 Å². The van der Waals surface area contributed by atoms with Crippen molar-refractivity contribution in [1.82, 2.24) is 4.90 Å². The lowest BCUT2D eigenvalue weighted by Crippen LogP contribution is -2.39. The summed E-state index contributed by atoms with van der Waals surface area (Å²) in [6, 6.07) is 9.59. The molecule has 2 amide bonds. The highest BCUT2D eigenvalue weighted by molar-refractivity contribution is 8.00. The molecule has 2 aliphatic heterocycles. The summed E-state index contributed by atoms with van der Waals surface area (Å²) in [5.74, 6) is 0.989. The van der Waals surface area contributed by atoms with Gasteiger partial charge in [-0.05, 0) is 19.1 Å². The molecule has 106 valence electrons. The van der Waals surface area contributed by atoms with E-state index in [2.05, 4.69) is 6.92 Å². The standard InChI is InChI=1S/C15H18N2O2S/c1-11-16(7-8-20-11)15(19)12-9-14(18)17(10-12)13-5-3-2-4-6-13/h2-6,11-12H,7-10H2,1H3. The van der Waals surface area contributed by atoms with Gasteiger partial charge in [-0.15, -0.1) is 11.8 Å². The number of rotatable bonds is 2. The Kier molecular flexibility index (Phi) is 3.70. The van der Waals surface area contributed by atoms with Crippen molar-refractivity contribution < 1.29 is 9.59 Å². The fourth-order valence-electron chi connectivity index (χ4n) is 2.85. The second kappa shape index (κ2) is 5.48.